The minimum absolute atomic E-state index is 0.863. The van der Waals surface area contributed by atoms with E-state index in [0.717, 1.165) is 5.71 Å². The molecule has 8 heavy (non-hydrogen) atoms. The Morgan fingerprint density at radius 3 is 2.75 bits per heavy atom. The number of allylic oxidation sites excluding steroid dienone is 1. The highest BCUT2D eigenvalue weighted by molar-refractivity contribution is 5.92. The molecule has 0 fully saturated rings. The molecule has 0 aliphatic heterocycles. The largest absolute Gasteiger partial charge is 0.405 e. The number of rotatable bonds is 2. The molecule has 0 saturated carbocycles. The van der Waals surface area contributed by atoms with Crippen molar-refractivity contribution in [1.29, 1.82) is 0 Å². The molecule has 2 N–H and O–H groups in total. The minimum Gasteiger partial charge on any atom is -0.405 e. The van der Waals surface area contributed by atoms with Crippen LogP contribution in [0.4, 0.5) is 0 Å². The van der Waals surface area contributed by atoms with E-state index in [9.17, 15) is 0 Å². The van der Waals surface area contributed by atoms with Crippen LogP contribution in [0.5, 0.6) is 0 Å². The Bertz CT molecular complexity index is 122. The van der Waals surface area contributed by atoms with E-state index in [-0.39, 0.29) is 0 Å². The molecule has 0 aliphatic rings. The molecule has 0 bridgehead atoms. The fourth-order valence-corrected chi connectivity index (χ4v) is 0.326. The molecule has 0 spiro atoms. The maximum absolute atomic E-state index is 5.06. The van der Waals surface area contributed by atoms with Gasteiger partial charge in [0.05, 0.1) is 0 Å². The number of hydrogen-bond donors (Lipinski definition) is 1. The summed E-state index contributed by atoms with van der Waals surface area (Å²) in [5, 5.41) is 0. The van der Waals surface area contributed by atoms with Gasteiger partial charge in [0.15, 0.2) is 0 Å². The van der Waals surface area contributed by atoms with Crippen LogP contribution in [-0.4, -0.2) is 5.71 Å². The average Bonchev–Trinajstić information content (AvgIpc) is 1.68. The van der Waals surface area contributed by atoms with Crippen LogP contribution in [0.2, 0.25) is 0 Å². The predicted octanol–water partition coefficient (Wildman–Crippen LogP) is 1.06. The SMILES string of the molecule is C=C/N=C(C)\C=C/N. The second kappa shape index (κ2) is 4.12. The molecule has 0 rings (SSSR count). The van der Waals surface area contributed by atoms with E-state index in [1.807, 2.05) is 6.92 Å². The lowest BCUT2D eigenvalue weighted by Gasteiger charge is -1.82. The topological polar surface area (TPSA) is 38.4 Å². The molecular formula is C6H10N2. The van der Waals surface area contributed by atoms with Crippen LogP contribution in [0, 0.1) is 0 Å². The van der Waals surface area contributed by atoms with E-state index in [4.69, 9.17) is 5.73 Å². The molecule has 44 valence electrons. The summed E-state index contributed by atoms with van der Waals surface area (Å²) in [6.07, 6.45) is 4.64. The number of nitrogens with zero attached hydrogens (tertiary/aromatic N) is 1. The van der Waals surface area contributed by atoms with Crippen LogP contribution >= 0.6 is 0 Å². The summed E-state index contributed by atoms with van der Waals surface area (Å²) in [7, 11) is 0. The van der Waals surface area contributed by atoms with E-state index in [0.29, 0.717) is 0 Å². The van der Waals surface area contributed by atoms with Gasteiger partial charge in [0.2, 0.25) is 0 Å². The molecule has 2 nitrogen and oxygen atoms in total. The zero-order valence-electron chi connectivity index (χ0n) is 4.96. The van der Waals surface area contributed by atoms with E-state index in [2.05, 4.69) is 11.6 Å². The van der Waals surface area contributed by atoms with Crippen molar-refractivity contribution >= 4 is 5.71 Å². The van der Waals surface area contributed by atoms with Gasteiger partial charge in [-0.25, -0.2) is 0 Å². The molecule has 0 heterocycles. The Labute approximate surface area is 49.4 Å². The molecule has 0 saturated heterocycles. The van der Waals surface area contributed by atoms with Crippen molar-refractivity contribution in [2.75, 3.05) is 0 Å². The van der Waals surface area contributed by atoms with Crippen LogP contribution in [0.1, 0.15) is 6.92 Å². The normalized spacial score (nSPS) is 12.4. The Hall–Kier alpha value is -1.05. The first-order valence-electron chi connectivity index (χ1n) is 2.35. The fourth-order valence-electron chi connectivity index (χ4n) is 0.326. The Kier molecular flexibility index (Phi) is 3.58. The summed E-state index contributed by atoms with van der Waals surface area (Å²) in [4.78, 5) is 3.83. The van der Waals surface area contributed by atoms with Crippen LogP contribution < -0.4 is 5.73 Å². The Balaban J connectivity index is 3.79. The number of hydrogen-bond acceptors (Lipinski definition) is 2. The van der Waals surface area contributed by atoms with E-state index in [1.54, 1.807) is 6.08 Å². The van der Waals surface area contributed by atoms with E-state index >= 15 is 0 Å². The first-order chi connectivity index (χ1) is 3.81. The van der Waals surface area contributed by atoms with Gasteiger partial charge in [-0.2, -0.15) is 0 Å². The van der Waals surface area contributed by atoms with Crippen LogP contribution in [-0.2, 0) is 0 Å². The maximum Gasteiger partial charge on any atom is 0.0386 e. The molecule has 0 aromatic rings. The minimum atomic E-state index is 0.863. The van der Waals surface area contributed by atoms with Gasteiger partial charge in [0.1, 0.15) is 0 Å². The third-order valence-electron chi connectivity index (χ3n) is 0.632. The van der Waals surface area contributed by atoms with Gasteiger partial charge in [-0.3, -0.25) is 4.99 Å². The first-order valence-corrected chi connectivity index (χ1v) is 2.35. The zero-order valence-corrected chi connectivity index (χ0v) is 4.96. The number of nitrogens with two attached hydrogens (primary N) is 1. The lowest BCUT2D eigenvalue weighted by Crippen LogP contribution is -1.85. The van der Waals surface area contributed by atoms with Gasteiger partial charge in [-0.15, -0.1) is 0 Å². The Morgan fingerprint density at radius 2 is 2.38 bits per heavy atom. The van der Waals surface area contributed by atoms with Crippen molar-refractivity contribution in [3.8, 4) is 0 Å². The van der Waals surface area contributed by atoms with Crippen molar-refractivity contribution < 1.29 is 0 Å². The van der Waals surface area contributed by atoms with Crippen LogP contribution in [0.25, 0.3) is 0 Å². The molecule has 0 aliphatic carbocycles. The van der Waals surface area contributed by atoms with Gasteiger partial charge in [-0.1, -0.05) is 6.58 Å². The first kappa shape index (κ1) is 6.95. The third-order valence-corrected chi connectivity index (χ3v) is 0.632. The van der Waals surface area contributed by atoms with Crippen molar-refractivity contribution in [3.63, 3.8) is 0 Å². The summed E-state index contributed by atoms with van der Waals surface area (Å²) < 4.78 is 0. The Morgan fingerprint density at radius 1 is 1.75 bits per heavy atom. The molecule has 0 amide bonds. The summed E-state index contributed by atoms with van der Waals surface area (Å²) in [6.45, 7) is 5.27. The second-order valence-corrected chi connectivity index (χ2v) is 1.31. The molecule has 0 unspecified atom stereocenters. The summed E-state index contributed by atoms with van der Waals surface area (Å²) in [5.41, 5.74) is 5.93. The summed E-state index contributed by atoms with van der Waals surface area (Å²) in [6, 6.07) is 0. The lowest BCUT2D eigenvalue weighted by molar-refractivity contribution is 1.53. The molecular weight excluding hydrogens is 100 g/mol. The fraction of sp³-hybridized carbons (Fsp3) is 0.167. The predicted molar refractivity (Wildman–Crippen MR) is 36.6 cm³/mol. The van der Waals surface area contributed by atoms with E-state index in [1.165, 1.54) is 12.4 Å². The molecule has 0 radical (unpaired) electrons. The number of aliphatic imine (C=N–C) groups is 1. The van der Waals surface area contributed by atoms with Crippen molar-refractivity contribution in [1.82, 2.24) is 0 Å². The van der Waals surface area contributed by atoms with Crippen LogP contribution in [0.15, 0.2) is 30.0 Å². The van der Waals surface area contributed by atoms with Crippen molar-refractivity contribution in [2.24, 2.45) is 10.7 Å². The van der Waals surface area contributed by atoms with Crippen LogP contribution in [0.3, 0.4) is 0 Å². The molecule has 2 heteroatoms. The summed E-state index contributed by atoms with van der Waals surface area (Å²) >= 11 is 0. The highest BCUT2D eigenvalue weighted by Crippen LogP contribution is 1.77. The van der Waals surface area contributed by atoms with Gasteiger partial charge < -0.3 is 5.73 Å². The van der Waals surface area contributed by atoms with Crippen molar-refractivity contribution in [3.05, 3.63) is 25.1 Å². The van der Waals surface area contributed by atoms with Gasteiger partial charge >= 0.3 is 0 Å². The lowest BCUT2D eigenvalue weighted by atomic mass is 10.4. The molecule has 0 aromatic carbocycles. The second-order valence-electron chi connectivity index (χ2n) is 1.31. The van der Waals surface area contributed by atoms with E-state index < -0.39 is 0 Å². The maximum atomic E-state index is 5.06. The van der Waals surface area contributed by atoms with Gasteiger partial charge in [0, 0.05) is 11.9 Å². The third kappa shape index (κ3) is 3.15. The monoisotopic (exact) mass is 110 g/mol. The highest BCUT2D eigenvalue weighted by atomic mass is 14.7. The quantitative estimate of drug-likeness (QED) is 0.530. The zero-order chi connectivity index (χ0) is 6.41. The van der Waals surface area contributed by atoms with Gasteiger partial charge in [0.25, 0.3) is 0 Å². The summed E-state index contributed by atoms with van der Waals surface area (Å²) in [5.74, 6) is 0. The average molecular weight is 110 g/mol. The smallest absolute Gasteiger partial charge is 0.0386 e. The standard InChI is InChI=1S/C6H10N2/c1-3-8-6(2)4-5-7/h3-5H,1,7H2,2H3/b5-4-,8-6-. The van der Waals surface area contributed by atoms with Crippen molar-refractivity contribution in [2.45, 2.75) is 6.92 Å². The highest BCUT2D eigenvalue weighted by Gasteiger charge is 1.73. The van der Waals surface area contributed by atoms with Gasteiger partial charge in [-0.05, 0) is 19.2 Å². The molecule has 0 atom stereocenters. The molecule has 0 aromatic heterocycles.